The second kappa shape index (κ2) is 7.98. The maximum atomic E-state index is 11.7. The highest BCUT2D eigenvalue weighted by Crippen LogP contribution is 2.57. The van der Waals surface area contributed by atoms with E-state index in [2.05, 4.69) is 12.2 Å². The van der Waals surface area contributed by atoms with Crippen molar-refractivity contribution in [3.8, 4) is 0 Å². The largest absolute Gasteiger partial charge is 0.465 e. The Labute approximate surface area is 155 Å². The van der Waals surface area contributed by atoms with E-state index in [1.807, 2.05) is 45.0 Å². The van der Waals surface area contributed by atoms with Crippen molar-refractivity contribution in [2.45, 2.75) is 52.1 Å². The summed E-state index contributed by atoms with van der Waals surface area (Å²) < 4.78 is 5.26. The molecule has 0 saturated heterocycles. The van der Waals surface area contributed by atoms with Gasteiger partial charge < -0.3 is 15.2 Å². The van der Waals surface area contributed by atoms with E-state index in [0.29, 0.717) is 30.0 Å². The maximum absolute atomic E-state index is 11.7. The van der Waals surface area contributed by atoms with Gasteiger partial charge in [-0.3, -0.25) is 4.90 Å². The molecule has 1 aliphatic carbocycles. The van der Waals surface area contributed by atoms with E-state index >= 15 is 0 Å². The van der Waals surface area contributed by atoms with Crippen LogP contribution in [-0.2, 0) is 4.74 Å². The lowest BCUT2D eigenvalue weighted by molar-refractivity contribution is 0.0526. The quantitative estimate of drug-likeness (QED) is 0.783. The first-order valence-corrected chi connectivity index (χ1v) is 9.17. The van der Waals surface area contributed by atoms with Crippen LogP contribution >= 0.6 is 0 Å². The fourth-order valence-electron chi connectivity index (χ4n) is 3.58. The number of carboxylic acid groups (broad SMARTS) is 1. The number of benzene rings is 1. The Kier molecular flexibility index (Phi) is 6.16. The molecule has 3 unspecified atom stereocenters. The van der Waals surface area contributed by atoms with Gasteiger partial charge in [-0.15, -0.1) is 0 Å². The fourth-order valence-corrected chi connectivity index (χ4v) is 3.58. The highest BCUT2D eigenvalue weighted by molar-refractivity contribution is 5.85. The van der Waals surface area contributed by atoms with E-state index in [4.69, 9.17) is 9.84 Å². The molecule has 0 aromatic heterocycles. The van der Waals surface area contributed by atoms with Gasteiger partial charge in [0.2, 0.25) is 0 Å². The number of anilines is 1. The summed E-state index contributed by atoms with van der Waals surface area (Å²) in [6, 6.07) is 7.74. The van der Waals surface area contributed by atoms with Gasteiger partial charge in [0.25, 0.3) is 0 Å². The lowest BCUT2D eigenvalue weighted by Crippen LogP contribution is -2.33. The number of carbonyl (C=O) groups is 2. The second-order valence-corrected chi connectivity index (χ2v) is 7.91. The van der Waals surface area contributed by atoms with Crippen LogP contribution in [0, 0.1) is 11.8 Å². The molecule has 0 radical (unpaired) electrons. The topological polar surface area (TPSA) is 78.9 Å². The van der Waals surface area contributed by atoms with Crippen LogP contribution in [0.3, 0.4) is 0 Å². The minimum atomic E-state index is -0.971. The number of hydrogen-bond donors (Lipinski definition) is 2. The summed E-state index contributed by atoms with van der Waals surface area (Å²) in [5, 5.41) is 11.9. The first-order valence-electron chi connectivity index (χ1n) is 9.17. The van der Waals surface area contributed by atoms with E-state index < -0.39 is 11.7 Å². The van der Waals surface area contributed by atoms with Crippen LogP contribution < -0.4 is 10.2 Å². The number of amides is 2. The fraction of sp³-hybridized carbons (Fsp3) is 0.600. The molecule has 0 bridgehead atoms. The van der Waals surface area contributed by atoms with Crippen molar-refractivity contribution in [2.75, 3.05) is 18.5 Å². The minimum Gasteiger partial charge on any atom is -0.465 e. The summed E-state index contributed by atoms with van der Waals surface area (Å²) in [4.78, 5) is 24.0. The molecule has 0 aliphatic heterocycles. The number of carbonyl (C=O) groups excluding carboxylic acids is 1. The Bertz CT molecular complexity index is 636. The number of nitrogens with one attached hydrogen (secondary N) is 1. The van der Waals surface area contributed by atoms with Crippen LogP contribution in [0.1, 0.15) is 52.0 Å². The van der Waals surface area contributed by atoms with Crippen molar-refractivity contribution in [3.05, 3.63) is 29.8 Å². The molecular formula is C20H30N2O4. The average molecular weight is 362 g/mol. The molecule has 3 atom stereocenters. The number of rotatable bonds is 6. The Morgan fingerprint density at radius 1 is 1.19 bits per heavy atom. The van der Waals surface area contributed by atoms with Gasteiger partial charge in [-0.25, -0.2) is 9.59 Å². The molecule has 2 N–H and O–H groups in total. The molecule has 2 amide bonds. The van der Waals surface area contributed by atoms with Crippen molar-refractivity contribution in [2.24, 2.45) is 11.8 Å². The molecule has 1 fully saturated rings. The van der Waals surface area contributed by atoms with Crippen LogP contribution in [0.5, 0.6) is 0 Å². The standard InChI is InChI=1S/C20H30N2O4/c1-6-15-16(11-12-21-18(23)26-20(2,3)4)17(15)13-7-9-14(10-8-13)22(5)19(24)25/h7-10,15-17H,6,11-12H2,1-5H3,(H,21,23)(H,24,25). The number of hydrogen-bond acceptors (Lipinski definition) is 3. The Morgan fingerprint density at radius 3 is 2.31 bits per heavy atom. The predicted octanol–water partition coefficient (Wildman–Crippen LogP) is 4.46. The zero-order chi connectivity index (χ0) is 19.5. The van der Waals surface area contributed by atoms with E-state index in [-0.39, 0.29) is 6.09 Å². The summed E-state index contributed by atoms with van der Waals surface area (Å²) in [5.74, 6) is 1.63. The maximum Gasteiger partial charge on any atom is 0.411 e. The summed E-state index contributed by atoms with van der Waals surface area (Å²) in [5.41, 5.74) is 1.42. The van der Waals surface area contributed by atoms with Crippen molar-refractivity contribution < 1.29 is 19.4 Å². The molecule has 0 heterocycles. The van der Waals surface area contributed by atoms with Crippen molar-refractivity contribution in [1.82, 2.24) is 5.32 Å². The van der Waals surface area contributed by atoms with E-state index in [0.717, 1.165) is 12.8 Å². The van der Waals surface area contributed by atoms with Gasteiger partial charge in [0.05, 0.1) is 0 Å². The minimum absolute atomic E-state index is 0.371. The molecule has 1 aliphatic rings. The molecule has 26 heavy (non-hydrogen) atoms. The predicted molar refractivity (Wildman–Crippen MR) is 102 cm³/mol. The van der Waals surface area contributed by atoms with Crippen molar-refractivity contribution in [3.63, 3.8) is 0 Å². The van der Waals surface area contributed by atoms with E-state index in [9.17, 15) is 9.59 Å². The highest BCUT2D eigenvalue weighted by Gasteiger charge is 2.48. The van der Waals surface area contributed by atoms with Gasteiger partial charge in [0, 0.05) is 19.3 Å². The van der Waals surface area contributed by atoms with Crippen LogP contribution in [0.4, 0.5) is 15.3 Å². The zero-order valence-electron chi connectivity index (χ0n) is 16.3. The third-order valence-corrected chi connectivity index (χ3v) is 4.90. The van der Waals surface area contributed by atoms with Gasteiger partial charge in [0.15, 0.2) is 0 Å². The Hall–Kier alpha value is -2.24. The van der Waals surface area contributed by atoms with Crippen LogP contribution in [0.15, 0.2) is 24.3 Å². The van der Waals surface area contributed by atoms with E-state index in [1.54, 1.807) is 0 Å². The number of nitrogens with zero attached hydrogens (tertiary/aromatic N) is 1. The van der Waals surface area contributed by atoms with Crippen LogP contribution in [-0.4, -0.2) is 36.5 Å². The van der Waals surface area contributed by atoms with Gasteiger partial charge in [0.1, 0.15) is 5.60 Å². The van der Waals surface area contributed by atoms with Crippen molar-refractivity contribution in [1.29, 1.82) is 0 Å². The Balaban J connectivity index is 1.88. The first kappa shape index (κ1) is 20.1. The number of ether oxygens (including phenoxy) is 1. The lowest BCUT2D eigenvalue weighted by Gasteiger charge is -2.19. The third kappa shape index (κ3) is 5.13. The summed E-state index contributed by atoms with van der Waals surface area (Å²) in [6.45, 7) is 8.34. The highest BCUT2D eigenvalue weighted by atomic mass is 16.6. The van der Waals surface area contributed by atoms with E-state index in [1.165, 1.54) is 17.5 Å². The third-order valence-electron chi connectivity index (χ3n) is 4.90. The van der Waals surface area contributed by atoms with Crippen LogP contribution in [0.25, 0.3) is 0 Å². The molecule has 1 aromatic rings. The second-order valence-electron chi connectivity index (χ2n) is 7.91. The first-order chi connectivity index (χ1) is 12.1. The molecule has 6 nitrogen and oxygen atoms in total. The molecule has 2 rings (SSSR count). The average Bonchev–Trinajstić information content (AvgIpc) is 3.25. The molecule has 1 aromatic carbocycles. The molecule has 1 saturated carbocycles. The van der Waals surface area contributed by atoms with Crippen molar-refractivity contribution >= 4 is 17.9 Å². The molecule has 6 heteroatoms. The monoisotopic (exact) mass is 362 g/mol. The SMILES string of the molecule is CCC1C(CCNC(=O)OC(C)(C)C)C1c1ccc(N(C)C(=O)O)cc1. The lowest BCUT2D eigenvalue weighted by atomic mass is 10.1. The molecule has 0 spiro atoms. The van der Waals surface area contributed by atoms with Gasteiger partial charge in [-0.1, -0.05) is 25.5 Å². The van der Waals surface area contributed by atoms with Crippen LogP contribution in [0.2, 0.25) is 0 Å². The Morgan fingerprint density at radius 2 is 1.81 bits per heavy atom. The molecular weight excluding hydrogens is 332 g/mol. The zero-order valence-corrected chi connectivity index (χ0v) is 16.3. The smallest absolute Gasteiger partial charge is 0.411 e. The van der Waals surface area contributed by atoms with Gasteiger partial charge in [-0.05, 0) is 62.6 Å². The van der Waals surface area contributed by atoms with Gasteiger partial charge >= 0.3 is 12.2 Å². The summed E-state index contributed by atoms with van der Waals surface area (Å²) in [6.07, 6.45) is 0.670. The number of alkyl carbamates (subject to hydrolysis) is 1. The summed E-state index contributed by atoms with van der Waals surface area (Å²) in [7, 11) is 1.54. The molecule has 144 valence electrons. The van der Waals surface area contributed by atoms with Gasteiger partial charge in [-0.2, -0.15) is 0 Å². The normalized spacial score (nSPS) is 21.8. The summed E-state index contributed by atoms with van der Waals surface area (Å²) >= 11 is 0.